The Balaban J connectivity index is 1.58. The van der Waals surface area contributed by atoms with Gasteiger partial charge < -0.3 is 18.8 Å². The van der Waals surface area contributed by atoms with Crippen LogP contribution in [0.15, 0.2) is 48.5 Å². The smallest absolute Gasteiger partial charge is 0.457 e. The molecule has 4 nitrogen and oxygen atoms in total. The predicted molar refractivity (Wildman–Crippen MR) is 117 cm³/mol. The van der Waals surface area contributed by atoms with Gasteiger partial charge in [0.2, 0.25) is 0 Å². The van der Waals surface area contributed by atoms with Crippen LogP contribution in [0.5, 0.6) is 11.5 Å². The van der Waals surface area contributed by atoms with Crippen molar-refractivity contribution >= 4 is 20.9 Å². The zero-order valence-corrected chi connectivity index (χ0v) is 18.6. The standard InChI is InChI=1S/C22H31BO4Si/c1-22(2,3)28(4,5)25-15-9-12-21-19-14-13-18(16-20(19)23(24)27-21)26-17-10-7-6-8-11-17/h6-8,10-11,13-14,16,21,24H,9,12,15H2,1-5H3. The van der Waals surface area contributed by atoms with Crippen molar-refractivity contribution in [1.29, 1.82) is 0 Å². The van der Waals surface area contributed by atoms with Crippen LogP contribution < -0.4 is 10.2 Å². The van der Waals surface area contributed by atoms with Crippen LogP contribution in [0.1, 0.15) is 45.3 Å². The molecule has 0 saturated heterocycles. The number of rotatable bonds is 7. The summed E-state index contributed by atoms with van der Waals surface area (Å²) in [6.45, 7) is 12.0. The van der Waals surface area contributed by atoms with Gasteiger partial charge in [-0.1, -0.05) is 45.0 Å². The summed E-state index contributed by atoms with van der Waals surface area (Å²) in [6.07, 6.45) is 1.64. The Bertz CT molecular complexity index is 789. The number of fused-ring (bicyclic) bond motifs is 1. The molecular formula is C22H31BO4Si. The highest BCUT2D eigenvalue weighted by Gasteiger charge is 2.38. The van der Waals surface area contributed by atoms with E-state index >= 15 is 0 Å². The second-order valence-electron chi connectivity index (χ2n) is 8.93. The van der Waals surface area contributed by atoms with Gasteiger partial charge in [0.1, 0.15) is 11.5 Å². The predicted octanol–water partition coefficient (Wildman–Crippen LogP) is 5.04. The van der Waals surface area contributed by atoms with Gasteiger partial charge in [-0.05, 0) is 66.3 Å². The lowest BCUT2D eigenvalue weighted by atomic mass is 9.79. The van der Waals surface area contributed by atoms with Crippen molar-refractivity contribution < 1.29 is 18.8 Å². The Hall–Kier alpha value is -1.60. The van der Waals surface area contributed by atoms with E-state index < -0.39 is 15.4 Å². The monoisotopic (exact) mass is 398 g/mol. The molecule has 0 aliphatic carbocycles. The average molecular weight is 398 g/mol. The van der Waals surface area contributed by atoms with Crippen LogP contribution in [0.25, 0.3) is 0 Å². The fourth-order valence-electron chi connectivity index (χ4n) is 3.09. The third kappa shape index (κ3) is 4.87. The minimum Gasteiger partial charge on any atom is -0.457 e. The fraction of sp³-hybridized carbons (Fsp3) is 0.455. The van der Waals surface area contributed by atoms with Crippen molar-refractivity contribution in [1.82, 2.24) is 0 Å². The number of hydrogen-bond acceptors (Lipinski definition) is 4. The summed E-state index contributed by atoms with van der Waals surface area (Å²) in [5.74, 6) is 1.48. The van der Waals surface area contributed by atoms with Crippen LogP contribution in [0.3, 0.4) is 0 Å². The molecule has 1 unspecified atom stereocenters. The van der Waals surface area contributed by atoms with Gasteiger partial charge in [-0.15, -0.1) is 0 Å². The maximum Gasteiger partial charge on any atom is 0.492 e. The summed E-state index contributed by atoms with van der Waals surface area (Å²) in [5.41, 5.74) is 1.84. The summed E-state index contributed by atoms with van der Waals surface area (Å²) in [5, 5.41) is 10.5. The molecule has 3 rings (SSSR count). The van der Waals surface area contributed by atoms with Gasteiger partial charge in [0.15, 0.2) is 8.32 Å². The van der Waals surface area contributed by atoms with Crippen LogP contribution in [0.2, 0.25) is 18.1 Å². The topological polar surface area (TPSA) is 47.9 Å². The van der Waals surface area contributed by atoms with E-state index in [1.54, 1.807) is 0 Å². The molecular weight excluding hydrogens is 367 g/mol. The maximum atomic E-state index is 10.3. The molecule has 1 aliphatic rings. The maximum absolute atomic E-state index is 10.3. The van der Waals surface area contributed by atoms with E-state index in [4.69, 9.17) is 13.8 Å². The lowest BCUT2D eigenvalue weighted by molar-refractivity contribution is 0.166. The highest BCUT2D eigenvalue weighted by atomic mass is 28.4. The van der Waals surface area contributed by atoms with Gasteiger partial charge in [0.05, 0.1) is 6.10 Å². The molecule has 0 spiro atoms. The SMILES string of the molecule is CC(C)(C)[Si](C)(C)OCCCC1OB(O)c2cc(Oc3ccccc3)ccc21. The zero-order chi connectivity index (χ0) is 20.4. The quantitative estimate of drug-likeness (QED) is 0.524. The van der Waals surface area contributed by atoms with Crippen LogP contribution in [-0.4, -0.2) is 27.1 Å². The fourth-order valence-corrected chi connectivity index (χ4v) is 4.17. The third-order valence-corrected chi connectivity index (χ3v) is 10.4. The molecule has 0 bridgehead atoms. The lowest BCUT2D eigenvalue weighted by Gasteiger charge is -2.36. The van der Waals surface area contributed by atoms with Crippen molar-refractivity contribution in [3.8, 4) is 11.5 Å². The molecule has 0 aromatic heterocycles. The van der Waals surface area contributed by atoms with E-state index in [1.165, 1.54) is 0 Å². The molecule has 0 saturated carbocycles. The molecule has 6 heteroatoms. The second kappa shape index (κ2) is 8.41. The molecule has 0 radical (unpaired) electrons. The Morgan fingerprint density at radius 3 is 2.46 bits per heavy atom. The molecule has 1 N–H and O–H groups in total. The van der Waals surface area contributed by atoms with Gasteiger partial charge in [0.25, 0.3) is 0 Å². The second-order valence-corrected chi connectivity index (χ2v) is 13.7. The first-order valence-electron chi connectivity index (χ1n) is 10.0. The van der Waals surface area contributed by atoms with E-state index in [9.17, 15) is 5.02 Å². The summed E-state index contributed by atoms with van der Waals surface area (Å²) in [4.78, 5) is 0. The first kappa shape index (κ1) is 21.1. The van der Waals surface area contributed by atoms with E-state index in [-0.39, 0.29) is 11.1 Å². The summed E-state index contributed by atoms with van der Waals surface area (Å²) >= 11 is 0. The Morgan fingerprint density at radius 1 is 1.07 bits per heavy atom. The summed E-state index contributed by atoms with van der Waals surface area (Å²) < 4.78 is 17.9. The Morgan fingerprint density at radius 2 is 1.79 bits per heavy atom. The van der Waals surface area contributed by atoms with E-state index in [0.717, 1.165) is 36.2 Å². The molecule has 0 amide bonds. The van der Waals surface area contributed by atoms with Crippen molar-refractivity contribution in [3.63, 3.8) is 0 Å². The van der Waals surface area contributed by atoms with Crippen LogP contribution in [0.4, 0.5) is 0 Å². The highest BCUT2D eigenvalue weighted by molar-refractivity contribution is 6.74. The average Bonchev–Trinajstić information content (AvgIpc) is 2.94. The normalized spacial score (nSPS) is 16.9. The molecule has 1 aliphatic heterocycles. The number of para-hydroxylation sites is 1. The van der Waals surface area contributed by atoms with Gasteiger partial charge in [-0.3, -0.25) is 0 Å². The van der Waals surface area contributed by atoms with Crippen molar-refractivity contribution in [3.05, 3.63) is 54.1 Å². The van der Waals surface area contributed by atoms with Crippen molar-refractivity contribution in [2.45, 2.75) is 57.8 Å². The first-order valence-corrected chi connectivity index (χ1v) is 12.9. The molecule has 1 heterocycles. The van der Waals surface area contributed by atoms with E-state index in [2.05, 4.69) is 33.9 Å². The Kier molecular flexibility index (Phi) is 6.35. The summed E-state index contributed by atoms with van der Waals surface area (Å²) in [7, 11) is -2.62. The van der Waals surface area contributed by atoms with Crippen LogP contribution in [0, 0.1) is 0 Å². The van der Waals surface area contributed by atoms with Crippen LogP contribution in [-0.2, 0) is 9.08 Å². The molecule has 2 aromatic rings. The van der Waals surface area contributed by atoms with Crippen molar-refractivity contribution in [2.75, 3.05) is 6.61 Å². The molecule has 150 valence electrons. The van der Waals surface area contributed by atoms with Crippen LogP contribution >= 0.6 is 0 Å². The van der Waals surface area contributed by atoms with Gasteiger partial charge in [0, 0.05) is 6.61 Å². The minimum atomic E-state index is -1.72. The van der Waals surface area contributed by atoms with Crippen molar-refractivity contribution in [2.24, 2.45) is 0 Å². The lowest BCUT2D eigenvalue weighted by Crippen LogP contribution is -2.41. The largest absolute Gasteiger partial charge is 0.492 e. The van der Waals surface area contributed by atoms with E-state index in [1.807, 2.05) is 48.5 Å². The zero-order valence-electron chi connectivity index (χ0n) is 17.6. The molecule has 2 aromatic carbocycles. The third-order valence-electron chi connectivity index (χ3n) is 5.82. The highest BCUT2D eigenvalue weighted by Crippen LogP contribution is 2.37. The van der Waals surface area contributed by atoms with Gasteiger partial charge >= 0.3 is 7.12 Å². The number of hydrogen-bond donors (Lipinski definition) is 1. The Labute approximate surface area is 170 Å². The van der Waals surface area contributed by atoms with E-state index in [0.29, 0.717) is 5.75 Å². The first-order chi connectivity index (χ1) is 13.2. The minimum absolute atomic E-state index is 0.0983. The molecule has 1 atom stereocenters. The summed E-state index contributed by atoms with van der Waals surface area (Å²) in [6, 6.07) is 15.4. The molecule has 0 fully saturated rings. The van der Waals surface area contributed by atoms with Gasteiger partial charge in [-0.2, -0.15) is 0 Å². The molecule has 28 heavy (non-hydrogen) atoms. The number of benzene rings is 2. The number of ether oxygens (including phenoxy) is 1. The van der Waals surface area contributed by atoms with Gasteiger partial charge in [-0.25, -0.2) is 0 Å².